The number of benzene rings is 1. The molecule has 0 heterocycles. The third-order valence-corrected chi connectivity index (χ3v) is 2.80. The largest absolute Gasteiger partial charge is 0.493 e. The number of ether oxygens (including phenoxy) is 3. The van der Waals surface area contributed by atoms with Gasteiger partial charge in [0.15, 0.2) is 11.5 Å². The van der Waals surface area contributed by atoms with Gasteiger partial charge < -0.3 is 19.9 Å². The van der Waals surface area contributed by atoms with Crippen molar-refractivity contribution >= 4 is 11.6 Å². The Kier molecular flexibility index (Phi) is 6.25. The second-order valence-electron chi connectivity index (χ2n) is 4.01. The van der Waals surface area contributed by atoms with Gasteiger partial charge in [0.1, 0.15) is 0 Å². The van der Waals surface area contributed by atoms with Gasteiger partial charge in [-0.05, 0) is 13.0 Å². The molecule has 2 N–H and O–H groups in total. The zero-order valence-electron chi connectivity index (χ0n) is 11.0. The average Bonchev–Trinajstić information content (AvgIpc) is 2.37. The highest BCUT2D eigenvalue weighted by Crippen LogP contribution is 2.35. The number of nitrogens with two attached hydrogens (primary N) is 1. The first kappa shape index (κ1) is 15.1. The summed E-state index contributed by atoms with van der Waals surface area (Å²) < 4.78 is 16.2. The minimum absolute atomic E-state index is 0.0188. The summed E-state index contributed by atoms with van der Waals surface area (Å²) in [5.41, 5.74) is 6.54. The predicted octanol–water partition coefficient (Wildman–Crippen LogP) is 2.61. The summed E-state index contributed by atoms with van der Waals surface area (Å²) in [6, 6.07) is 3.52. The van der Waals surface area contributed by atoms with Crippen LogP contribution in [0, 0.1) is 0 Å². The van der Waals surface area contributed by atoms with Gasteiger partial charge in [0.2, 0.25) is 0 Å². The van der Waals surface area contributed by atoms with E-state index >= 15 is 0 Å². The third kappa shape index (κ3) is 4.05. The van der Waals surface area contributed by atoms with E-state index < -0.39 is 0 Å². The fourth-order valence-corrected chi connectivity index (χ4v) is 1.83. The Morgan fingerprint density at radius 1 is 1.33 bits per heavy atom. The van der Waals surface area contributed by atoms with Gasteiger partial charge in [-0.1, -0.05) is 11.6 Å². The Balaban J connectivity index is 2.91. The fraction of sp³-hybridized carbons (Fsp3) is 0.538. The van der Waals surface area contributed by atoms with Gasteiger partial charge in [0, 0.05) is 43.3 Å². The molecule has 0 saturated heterocycles. The maximum Gasteiger partial charge on any atom is 0.166 e. The first-order valence-corrected chi connectivity index (χ1v) is 6.22. The summed E-state index contributed by atoms with van der Waals surface area (Å²) in [6.07, 6.45) is 0.817. The molecule has 4 nitrogen and oxygen atoms in total. The summed E-state index contributed by atoms with van der Waals surface area (Å²) >= 11 is 5.99. The lowest BCUT2D eigenvalue weighted by atomic mass is 10.1. The van der Waals surface area contributed by atoms with E-state index in [1.807, 2.05) is 6.92 Å². The van der Waals surface area contributed by atoms with E-state index in [-0.39, 0.29) is 6.10 Å². The van der Waals surface area contributed by atoms with Crippen molar-refractivity contribution in [3.63, 3.8) is 0 Å². The van der Waals surface area contributed by atoms with E-state index in [4.69, 9.17) is 31.5 Å². The minimum Gasteiger partial charge on any atom is -0.493 e. The molecule has 0 amide bonds. The number of hydrogen-bond acceptors (Lipinski definition) is 4. The van der Waals surface area contributed by atoms with E-state index in [1.54, 1.807) is 26.4 Å². The molecule has 1 atom stereocenters. The summed E-state index contributed by atoms with van der Waals surface area (Å²) in [5.74, 6) is 1.26. The Morgan fingerprint density at radius 2 is 2.06 bits per heavy atom. The second kappa shape index (κ2) is 7.46. The topological polar surface area (TPSA) is 53.7 Å². The highest BCUT2D eigenvalue weighted by molar-refractivity contribution is 6.30. The summed E-state index contributed by atoms with van der Waals surface area (Å²) in [5, 5.41) is 0.587. The van der Waals surface area contributed by atoms with Crippen LogP contribution in [0.4, 0.5) is 0 Å². The van der Waals surface area contributed by atoms with E-state index in [9.17, 15) is 0 Å². The fourth-order valence-electron chi connectivity index (χ4n) is 1.60. The van der Waals surface area contributed by atoms with Gasteiger partial charge in [-0.25, -0.2) is 0 Å². The highest BCUT2D eigenvalue weighted by atomic mass is 35.5. The van der Waals surface area contributed by atoms with Gasteiger partial charge in [0.05, 0.1) is 13.2 Å². The molecule has 0 spiro atoms. The van der Waals surface area contributed by atoms with Crippen LogP contribution in [0.25, 0.3) is 0 Å². The molecule has 0 fully saturated rings. The van der Waals surface area contributed by atoms with Crippen LogP contribution < -0.4 is 15.2 Å². The zero-order valence-corrected chi connectivity index (χ0v) is 11.8. The van der Waals surface area contributed by atoms with E-state index in [2.05, 4.69) is 0 Å². The van der Waals surface area contributed by atoms with Crippen molar-refractivity contribution in [3.8, 4) is 11.5 Å². The Bertz CT molecular complexity index is 359. The first-order valence-electron chi connectivity index (χ1n) is 5.84. The molecule has 0 aromatic heterocycles. The monoisotopic (exact) mass is 273 g/mol. The quantitative estimate of drug-likeness (QED) is 0.830. The van der Waals surface area contributed by atoms with Crippen LogP contribution >= 0.6 is 11.6 Å². The maximum absolute atomic E-state index is 5.99. The number of halogens is 1. The smallest absolute Gasteiger partial charge is 0.166 e. The molecule has 0 bridgehead atoms. The van der Waals surface area contributed by atoms with Crippen LogP contribution in [0.1, 0.15) is 18.9 Å². The molecular formula is C13H20ClNO3. The molecule has 0 aliphatic rings. The van der Waals surface area contributed by atoms with Crippen molar-refractivity contribution in [1.82, 2.24) is 0 Å². The lowest BCUT2D eigenvalue weighted by molar-refractivity contribution is 0.132. The molecule has 18 heavy (non-hydrogen) atoms. The van der Waals surface area contributed by atoms with E-state index in [0.29, 0.717) is 29.7 Å². The molecule has 1 aromatic carbocycles. The van der Waals surface area contributed by atoms with Crippen LogP contribution in [0.5, 0.6) is 11.5 Å². The molecule has 1 unspecified atom stereocenters. The number of rotatable bonds is 7. The molecule has 1 aromatic rings. The van der Waals surface area contributed by atoms with Gasteiger partial charge >= 0.3 is 0 Å². The van der Waals surface area contributed by atoms with Crippen LogP contribution in [0.15, 0.2) is 12.1 Å². The summed E-state index contributed by atoms with van der Waals surface area (Å²) in [7, 11) is 3.25. The molecule has 0 aliphatic carbocycles. The average molecular weight is 274 g/mol. The molecule has 0 radical (unpaired) electrons. The van der Waals surface area contributed by atoms with Crippen LogP contribution in [-0.2, 0) is 11.3 Å². The Morgan fingerprint density at radius 3 is 2.61 bits per heavy atom. The first-order chi connectivity index (χ1) is 8.62. The lowest BCUT2D eigenvalue weighted by Gasteiger charge is -2.19. The Hall–Kier alpha value is -0.970. The van der Waals surface area contributed by atoms with Crippen molar-refractivity contribution in [1.29, 1.82) is 0 Å². The van der Waals surface area contributed by atoms with Gasteiger partial charge in [-0.15, -0.1) is 0 Å². The normalized spacial score (nSPS) is 12.3. The summed E-state index contributed by atoms with van der Waals surface area (Å²) in [4.78, 5) is 0. The van der Waals surface area contributed by atoms with Crippen molar-refractivity contribution in [2.75, 3.05) is 20.8 Å². The van der Waals surface area contributed by atoms with Crippen molar-refractivity contribution in [2.24, 2.45) is 5.73 Å². The minimum atomic E-state index is 0.0188. The van der Waals surface area contributed by atoms with E-state index in [1.165, 1.54) is 0 Å². The lowest BCUT2D eigenvalue weighted by Crippen LogP contribution is -2.16. The zero-order chi connectivity index (χ0) is 13.5. The van der Waals surface area contributed by atoms with Gasteiger partial charge in [0.25, 0.3) is 0 Å². The van der Waals surface area contributed by atoms with Crippen molar-refractivity contribution in [3.05, 3.63) is 22.7 Å². The van der Waals surface area contributed by atoms with Crippen molar-refractivity contribution in [2.45, 2.75) is 26.0 Å². The van der Waals surface area contributed by atoms with Crippen molar-refractivity contribution < 1.29 is 14.2 Å². The highest BCUT2D eigenvalue weighted by Gasteiger charge is 2.14. The molecule has 5 heteroatoms. The molecule has 1 rings (SSSR count). The molecule has 0 aliphatic heterocycles. The SMILES string of the molecule is COCCC(C)Oc1c(CN)cc(Cl)cc1OC. The molecule has 0 saturated carbocycles. The standard InChI is InChI=1S/C13H20ClNO3/c1-9(4-5-16-2)18-13-10(8-15)6-11(14)7-12(13)17-3/h6-7,9H,4-5,8,15H2,1-3H3. The van der Waals surface area contributed by atoms with Crippen LogP contribution in [-0.4, -0.2) is 26.9 Å². The summed E-state index contributed by atoms with van der Waals surface area (Å²) in [6.45, 7) is 2.98. The molecular weight excluding hydrogens is 254 g/mol. The van der Waals surface area contributed by atoms with Gasteiger partial charge in [-0.2, -0.15) is 0 Å². The van der Waals surface area contributed by atoms with E-state index in [0.717, 1.165) is 12.0 Å². The van der Waals surface area contributed by atoms with Crippen LogP contribution in [0.3, 0.4) is 0 Å². The third-order valence-electron chi connectivity index (χ3n) is 2.58. The Labute approximate surface area is 113 Å². The molecule has 102 valence electrons. The van der Waals surface area contributed by atoms with Crippen LogP contribution in [0.2, 0.25) is 5.02 Å². The maximum atomic E-state index is 5.99. The second-order valence-corrected chi connectivity index (χ2v) is 4.45. The number of hydrogen-bond donors (Lipinski definition) is 1. The van der Waals surface area contributed by atoms with Gasteiger partial charge in [-0.3, -0.25) is 0 Å². The predicted molar refractivity (Wildman–Crippen MR) is 72.5 cm³/mol. The number of methoxy groups -OCH3 is 2.